The van der Waals surface area contributed by atoms with E-state index in [2.05, 4.69) is 5.32 Å². The number of ether oxygens (including phenoxy) is 4. The Morgan fingerprint density at radius 3 is 2.77 bits per heavy atom. The van der Waals surface area contributed by atoms with Crippen molar-refractivity contribution in [1.29, 1.82) is 0 Å². The zero-order chi connectivity index (χ0) is 21.2. The number of nitrogens with zero attached hydrogens (tertiary/aromatic N) is 1. The third kappa shape index (κ3) is 2.64. The zero-order valence-electron chi connectivity index (χ0n) is 16.7. The highest BCUT2D eigenvalue weighted by molar-refractivity contribution is 6.05. The molecule has 4 heterocycles. The van der Waals surface area contributed by atoms with Crippen LogP contribution in [0.1, 0.15) is 0 Å². The molecule has 158 valence electrons. The van der Waals surface area contributed by atoms with Gasteiger partial charge < -0.3 is 29.2 Å². The first-order valence-corrected chi connectivity index (χ1v) is 10.1. The molecule has 31 heavy (non-hydrogen) atoms. The van der Waals surface area contributed by atoms with E-state index in [4.69, 9.17) is 18.9 Å². The van der Waals surface area contributed by atoms with E-state index >= 15 is 0 Å². The number of methoxy groups -OCH3 is 1. The van der Waals surface area contributed by atoms with Crippen LogP contribution in [0.25, 0.3) is 0 Å². The van der Waals surface area contributed by atoms with Gasteiger partial charge in [0.25, 0.3) is 0 Å². The molecule has 0 aromatic heterocycles. The maximum atomic E-state index is 13.4. The second kappa shape index (κ2) is 6.49. The summed E-state index contributed by atoms with van der Waals surface area (Å²) in [7, 11) is 1.60. The summed E-state index contributed by atoms with van der Waals surface area (Å²) >= 11 is 0. The number of nitrogens with one attached hydrogen (secondary N) is 1. The van der Waals surface area contributed by atoms with Gasteiger partial charge in [0.05, 0.1) is 31.6 Å². The minimum atomic E-state index is -0.779. The zero-order valence-corrected chi connectivity index (χ0v) is 16.7. The molecule has 0 saturated carbocycles. The maximum Gasteiger partial charge on any atom is 0.234 e. The number of anilines is 2. The molecular weight excluding hydrogens is 400 g/mol. The van der Waals surface area contributed by atoms with Crippen molar-refractivity contribution in [1.82, 2.24) is 0 Å². The van der Waals surface area contributed by atoms with Crippen LogP contribution in [0.5, 0.6) is 17.2 Å². The SMILES string of the molecule is COc1ccc(N2C[C@]34C=C[C@@H](O3)[C@H](C(=O)Nc3ccc5c(c3)OCO5)[C@H]4C2=O)cc1. The topological polar surface area (TPSA) is 86.3 Å². The van der Waals surface area contributed by atoms with Crippen LogP contribution < -0.4 is 24.4 Å². The molecule has 2 aromatic carbocycles. The van der Waals surface area contributed by atoms with Gasteiger partial charge in [-0.3, -0.25) is 9.59 Å². The highest BCUT2D eigenvalue weighted by Gasteiger charge is 2.67. The fourth-order valence-electron chi connectivity index (χ4n) is 4.98. The average molecular weight is 420 g/mol. The third-order valence-electron chi connectivity index (χ3n) is 6.43. The van der Waals surface area contributed by atoms with Crippen molar-refractivity contribution in [2.24, 2.45) is 11.8 Å². The number of hydrogen-bond acceptors (Lipinski definition) is 6. The second-order valence-corrected chi connectivity index (χ2v) is 8.08. The van der Waals surface area contributed by atoms with E-state index in [1.54, 1.807) is 30.2 Å². The number of fused-ring (bicyclic) bond motifs is 2. The molecule has 0 radical (unpaired) electrons. The molecule has 0 aliphatic carbocycles. The molecule has 1 N–H and O–H groups in total. The number of amides is 2. The summed E-state index contributed by atoms with van der Waals surface area (Å²) in [6.07, 6.45) is 3.42. The van der Waals surface area contributed by atoms with Crippen LogP contribution in [0.4, 0.5) is 11.4 Å². The molecule has 4 atom stereocenters. The van der Waals surface area contributed by atoms with Crippen molar-refractivity contribution < 1.29 is 28.5 Å². The van der Waals surface area contributed by atoms with Crippen LogP contribution in [-0.4, -0.2) is 44.0 Å². The Balaban J connectivity index is 1.26. The number of rotatable bonds is 4. The molecule has 6 rings (SSSR count). The molecule has 8 heteroatoms. The van der Waals surface area contributed by atoms with Crippen molar-refractivity contribution in [2.45, 2.75) is 11.7 Å². The van der Waals surface area contributed by atoms with Crippen LogP contribution >= 0.6 is 0 Å². The normalized spacial score (nSPS) is 29.4. The summed E-state index contributed by atoms with van der Waals surface area (Å²) < 4.78 is 22.1. The fourth-order valence-corrected chi connectivity index (χ4v) is 4.98. The van der Waals surface area contributed by atoms with Gasteiger partial charge in [0, 0.05) is 17.4 Å². The lowest BCUT2D eigenvalue weighted by molar-refractivity contribution is -0.128. The van der Waals surface area contributed by atoms with Crippen LogP contribution in [0, 0.1) is 11.8 Å². The Bertz CT molecular complexity index is 1110. The van der Waals surface area contributed by atoms with Crippen LogP contribution in [0.2, 0.25) is 0 Å². The van der Waals surface area contributed by atoms with Crippen molar-refractivity contribution in [2.75, 3.05) is 30.7 Å². The maximum absolute atomic E-state index is 13.4. The van der Waals surface area contributed by atoms with Crippen molar-refractivity contribution in [3.05, 3.63) is 54.6 Å². The summed E-state index contributed by atoms with van der Waals surface area (Å²) in [6, 6.07) is 12.5. The second-order valence-electron chi connectivity index (χ2n) is 8.08. The molecule has 1 spiro atoms. The number of benzene rings is 2. The Kier molecular flexibility index (Phi) is 3.82. The lowest BCUT2D eigenvalue weighted by atomic mass is 9.77. The highest BCUT2D eigenvalue weighted by Crippen LogP contribution is 2.53. The van der Waals surface area contributed by atoms with E-state index in [0.717, 1.165) is 5.69 Å². The van der Waals surface area contributed by atoms with Crippen molar-refractivity contribution in [3.63, 3.8) is 0 Å². The standard InChI is InChI=1S/C23H20N2O6/c1-28-15-5-3-14(4-6-15)25-11-23-9-8-17(31-23)19(20(23)22(25)27)21(26)24-13-2-7-16-18(10-13)30-12-29-16/h2-10,17,19-20H,11-12H2,1H3,(H,24,26)/t17-,19+,20+,23+/m1/s1. The lowest BCUT2D eigenvalue weighted by Crippen LogP contribution is -2.41. The van der Waals surface area contributed by atoms with Gasteiger partial charge in [-0.15, -0.1) is 0 Å². The van der Waals surface area contributed by atoms with Crippen LogP contribution in [-0.2, 0) is 14.3 Å². The summed E-state index contributed by atoms with van der Waals surface area (Å²) in [6.45, 7) is 0.542. The highest BCUT2D eigenvalue weighted by atomic mass is 16.7. The molecule has 0 unspecified atom stereocenters. The van der Waals surface area contributed by atoms with E-state index < -0.39 is 23.5 Å². The van der Waals surface area contributed by atoms with Crippen molar-refractivity contribution >= 4 is 23.2 Å². The van der Waals surface area contributed by atoms with Crippen LogP contribution in [0.3, 0.4) is 0 Å². The summed E-state index contributed by atoms with van der Waals surface area (Å²) in [5, 5.41) is 2.92. The first-order valence-electron chi connectivity index (χ1n) is 10.1. The summed E-state index contributed by atoms with van der Waals surface area (Å²) in [5.41, 5.74) is 0.566. The average Bonchev–Trinajstić information content (AvgIpc) is 3.54. The van der Waals surface area contributed by atoms with Crippen molar-refractivity contribution in [3.8, 4) is 17.2 Å². The van der Waals surface area contributed by atoms with E-state index in [0.29, 0.717) is 29.5 Å². The molecule has 8 nitrogen and oxygen atoms in total. The molecule has 4 aliphatic rings. The minimum absolute atomic E-state index is 0.108. The van der Waals surface area contributed by atoms with Gasteiger partial charge in [-0.1, -0.05) is 12.2 Å². The van der Waals surface area contributed by atoms with Gasteiger partial charge in [0.1, 0.15) is 11.4 Å². The third-order valence-corrected chi connectivity index (χ3v) is 6.43. The predicted octanol–water partition coefficient (Wildman–Crippen LogP) is 2.35. The summed E-state index contributed by atoms with van der Waals surface area (Å²) in [4.78, 5) is 28.3. The molecular formula is C23H20N2O6. The van der Waals surface area contributed by atoms with E-state index in [1.165, 1.54) is 0 Å². The molecule has 2 aromatic rings. The van der Waals surface area contributed by atoms with E-state index in [1.807, 2.05) is 36.4 Å². The van der Waals surface area contributed by atoms with Gasteiger partial charge in [-0.25, -0.2) is 0 Å². The van der Waals surface area contributed by atoms with Crippen LogP contribution in [0.15, 0.2) is 54.6 Å². The van der Waals surface area contributed by atoms with E-state index in [-0.39, 0.29) is 18.6 Å². The smallest absolute Gasteiger partial charge is 0.234 e. The quantitative estimate of drug-likeness (QED) is 0.765. The summed E-state index contributed by atoms with van der Waals surface area (Å²) in [5.74, 6) is 0.412. The number of hydrogen-bond donors (Lipinski definition) is 1. The molecule has 2 fully saturated rings. The van der Waals surface area contributed by atoms with Gasteiger partial charge in [0.15, 0.2) is 11.5 Å². The predicted molar refractivity (Wildman–Crippen MR) is 110 cm³/mol. The monoisotopic (exact) mass is 420 g/mol. The van der Waals surface area contributed by atoms with Gasteiger partial charge in [0.2, 0.25) is 18.6 Å². The largest absolute Gasteiger partial charge is 0.497 e. The first-order chi connectivity index (χ1) is 15.1. The fraction of sp³-hybridized carbons (Fsp3) is 0.304. The lowest BCUT2D eigenvalue weighted by Gasteiger charge is -2.23. The molecule has 2 amide bonds. The molecule has 2 saturated heterocycles. The minimum Gasteiger partial charge on any atom is -0.497 e. The molecule has 4 aliphatic heterocycles. The van der Waals surface area contributed by atoms with E-state index in [9.17, 15) is 9.59 Å². The number of carbonyl (C=O) groups is 2. The van der Waals surface area contributed by atoms with Gasteiger partial charge in [-0.05, 0) is 36.4 Å². The molecule has 2 bridgehead atoms. The Morgan fingerprint density at radius 2 is 1.97 bits per heavy atom. The van der Waals surface area contributed by atoms with Gasteiger partial charge >= 0.3 is 0 Å². The van der Waals surface area contributed by atoms with Gasteiger partial charge in [-0.2, -0.15) is 0 Å². The Morgan fingerprint density at radius 1 is 1.16 bits per heavy atom. The Labute approximate surface area is 178 Å². The first kappa shape index (κ1) is 18.3. The number of carbonyl (C=O) groups excluding carboxylic acids is 2. The Hall–Kier alpha value is -3.52.